The summed E-state index contributed by atoms with van der Waals surface area (Å²) in [6, 6.07) is 5.84. The van der Waals surface area contributed by atoms with Crippen molar-refractivity contribution >= 4 is 15.7 Å². The molecular formula is C11H14N2O3S. The molecule has 1 aromatic rings. The molecule has 2 rings (SSSR count). The van der Waals surface area contributed by atoms with Gasteiger partial charge in [0.15, 0.2) is 0 Å². The summed E-state index contributed by atoms with van der Waals surface area (Å²) in [6.07, 6.45) is 2.86. The van der Waals surface area contributed by atoms with E-state index < -0.39 is 10.0 Å². The maximum atomic E-state index is 12.2. The van der Waals surface area contributed by atoms with Crippen LogP contribution in [0.5, 0.6) is 0 Å². The minimum atomic E-state index is -3.46. The van der Waals surface area contributed by atoms with Gasteiger partial charge in [0.05, 0.1) is 4.90 Å². The predicted molar refractivity (Wildman–Crippen MR) is 64.5 cm³/mol. The fourth-order valence-electron chi connectivity index (χ4n) is 1.96. The fourth-order valence-corrected chi connectivity index (χ4v) is 3.51. The quantitative estimate of drug-likeness (QED) is 0.777. The first kappa shape index (κ1) is 12.2. The van der Waals surface area contributed by atoms with Crippen molar-refractivity contribution in [3.63, 3.8) is 0 Å². The van der Waals surface area contributed by atoms with Crippen molar-refractivity contribution in [3.8, 4) is 0 Å². The highest BCUT2D eigenvalue weighted by molar-refractivity contribution is 7.89. The molecule has 1 aliphatic rings. The first-order valence-electron chi connectivity index (χ1n) is 5.58. The minimum Gasteiger partial charge on any atom is -0.207 e. The lowest BCUT2D eigenvalue weighted by Crippen LogP contribution is -2.35. The first-order valence-corrected chi connectivity index (χ1v) is 7.02. The molecule has 17 heavy (non-hydrogen) atoms. The van der Waals surface area contributed by atoms with E-state index in [0.717, 1.165) is 19.3 Å². The van der Waals surface area contributed by atoms with E-state index in [1.165, 1.54) is 28.6 Å². The molecule has 1 aromatic carbocycles. The van der Waals surface area contributed by atoms with Gasteiger partial charge < -0.3 is 0 Å². The Hall–Kier alpha value is -1.27. The van der Waals surface area contributed by atoms with Crippen LogP contribution < -0.4 is 0 Å². The van der Waals surface area contributed by atoms with E-state index in [1.807, 2.05) is 0 Å². The van der Waals surface area contributed by atoms with Gasteiger partial charge in [0.1, 0.15) is 5.69 Å². The Morgan fingerprint density at radius 3 is 2.47 bits per heavy atom. The lowest BCUT2D eigenvalue weighted by molar-refractivity contribution is 0.346. The molecule has 0 radical (unpaired) electrons. The summed E-state index contributed by atoms with van der Waals surface area (Å²) in [5.74, 6) is 0. The van der Waals surface area contributed by atoms with Gasteiger partial charge in [-0.1, -0.05) is 12.5 Å². The van der Waals surface area contributed by atoms with Crippen molar-refractivity contribution in [1.29, 1.82) is 0 Å². The van der Waals surface area contributed by atoms with Gasteiger partial charge in [-0.25, -0.2) is 8.42 Å². The van der Waals surface area contributed by atoms with Gasteiger partial charge >= 0.3 is 0 Å². The molecule has 1 heterocycles. The lowest BCUT2D eigenvalue weighted by Gasteiger charge is -2.25. The van der Waals surface area contributed by atoms with Gasteiger partial charge in [-0.3, -0.25) is 0 Å². The number of hydrogen-bond donors (Lipinski definition) is 0. The summed E-state index contributed by atoms with van der Waals surface area (Å²) < 4.78 is 25.9. The smallest absolute Gasteiger partial charge is 0.207 e. The number of hydrogen-bond acceptors (Lipinski definition) is 4. The molecule has 1 aliphatic heterocycles. The van der Waals surface area contributed by atoms with Crippen LogP contribution in [0.3, 0.4) is 0 Å². The second kappa shape index (κ2) is 4.93. The van der Waals surface area contributed by atoms with Crippen molar-refractivity contribution in [2.75, 3.05) is 13.1 Å². The number of benzene rings is 1. The minimum absolute atomic E-state index is 0.142. The van der Waals surface area contributed by atoms with Crippen molar-refractivity contribution in [2.45, 2.75) is 24.2 Å². The number of sulfonamides is 1. The first-order chi connectivity index (χ1) is 8.14. The van der Waals surface area contributed by atoms with Crippen LogP contribution in [-0.2, 0) is 10.0 Å². The highest BCUT2D eigenvalue weighted by Gasteiger charge is 2.25. The molecule has 6 heteroatoms. The Morgan fingerprint density at radius 1 is 1.12 bits per heavy atom. The third-order valence-corrected chi connectivity index (χ3v) is 4.77. The highest BCUT2D eigenvalue weighted by atomic mass is 32.2. The summed E-state index contributed by atoms with van der Waals surface area (Å²) in [5, 5.41) is 2.76. The normalized spacial score (nSPS) is 17.9. The molecule has 0 saturated carbocycles. The van der Waals surface area contributed by atoms with Gasteiger partial charge in [0.2, 0.25) is 10.0 Å². The van der Waals surface area contributed by atoms with Crippen LogP contribution in [0.1, 0.15) is 19.3 Å². The molecule has 0 bridgehead atoms. The Kier molecular flexibility index (Phi) is 3.54. The zero-order valence-electron chi connectivity index (χ0n) is 9.37. The van der Waals surface area contributed by atoms with Crippen LogP contribution in [-0.4, -0.2) is 25.8 Å². The molecular weight excluding hydrogens is 240 g/mol. The average Bonchev–Trinajstić information content (AvgIpc) is 2.40. The molecule has 0 spiro atoms. The van der Waals surface area contributed by atoms with Crippen LogP contribution in [0.25, 0.3) is 0 Å². The average molecular weight is 254 g/mol. The standard InChI is InChI=1S/C11H14N2O3S/c14-12-10-5-4-6-11(9-10)17(15,16)13-7-2-1-3-8-13/h4-6,9H,1-3,7-8H2. The van der Waals surface area contributed by atoms with E-state index in [2.05, 4.69) is 5.18 Å². The molecule has 0 unspecified atom stereocenters. The second-order valence-corrected chi connectivity index (χ2v) is 5.99. The van der Waals surface area contributed by atoms with Crippen LogP contribution >= 0.6 is 0 Å². The molecule has 0 amide bonds. The Morgan fingerprint density at radius 2 is 1.82 bits per heavy atom. The molecule has 0 atom stereocenters. The van der Waals surface area contributed by atoms with Crippen LogP contribution in [0.15, 0.2) is 34.3 Å². The Balaban J connectivity index is 2.32. The number of rotatable bonds is 3. The third-order valence-electron chi connectivity index (χ3n) is 2.88. The zero-order valence-corrected chi connectivity index (χ0v) is 10.2. The summed E-state index contributed by atoms with van der Waals surface area (Å²) in [5.41, 5.74) is 0.142. The summed E-state index contributed by atoms with van der Waals surface area (Å²) in [6.45, 7) is 1.11. The summed E-state index contributed by atoms with van der Waals surface area (Å²) >= 11 is 0. The van der Waals surface area contributed by atoms with E-state index in [1.54, 1.807) is 0 Å². The third kappa shape index (κ3) is 2.53. The molecule has 92 valence electrons. The van der Waals surface area contributed by atoms with Crippen molar-refractivity contribution in [1.82, 2.24) is 4.31 Å². The summed E-state index contributed by atoms with van der Waals surface area (Å²) in [4.78, 5) is 10.6. The SMILES string of the molecule is O=Nc1cccc(S(=O)(=O)N2CCCCC2)c1. The van der Waals surface area contributed by atoms with Crippen molar-refractivity contribution in [3.05, 3.63) is 29.2 Å². The van der Waals surface area contributed by atoms with Crippen LogP contribution in [0.4, 0.5) is 5.69 Å². The van der Waals surface area contributed by atoms with E-state index in [9.17, 15) is 13.3 Å². The topological polar surface area (TPSA) is 66.8 Å². The number of nitrogens with zero attached hydrogens (tertiary/aromatic N) is 2. The molecule has 1 fully saturated rings. The van der Waals surface area contributed by atoms with E-state index in [0.29, 0.717) is 13.1 Å². The fraction of sp³-hybridized carbons (Fsp3) is 0.455. The van der Waals surface area contributed by atoms with Crippen LogP contribution in [0, 0.1) is 4.91 Å². The zero-order chi connectivity index (χ0) is 12.3. The largest absolute Gasteiger partial charge is 0.243 e. The lowest BCUT2D eigenvalue weighted by atomic mass is 10.2. The predicted octanol–water partition coefficient (Wildman–Crippen LogP) is 2.26. The molecule has 0 aliphatic carbocycles. The molecule has 0 aromatic heterocycles. The monoisotopic (exact) mass is 254 g/mol. The molecule has 0 N–H and O–H groups in total. The highest BCUT2D eigenvalue weighted by Crippen LogP contribution is 2.23. The number of nitroso groups, excluding NO2 is 1. The molecule has 5 nitrogen and oxygen atoms in total. The Labute approximate surface area is 100 Å². The van der Waals surface area contributed by atoms with Gasteiger partial charge in [0.25, 0.3) is 0 Å². The maximum Gasteiger partial charge on any atom is 0.243 e. The van der Waals surface area contributed by atoms with E-state index >= 15 is 0 Å². The van der Waals surface area contributed by atoms with Crippen molar-refractivity contribution < 1.29 is 8.42 Å². The number of piperidine rings is 1. The summed E-state index contributed by atoms with van der Waals surface area (Å²) in [7, 11) is -3.46. The second-order valence-electron chi connectivity index (χ2n) is 4.05. The van der Waals surface area contributed by atoms with Gasteiger partial charge in [0, 0.05) is 13.1 Å². The van der Waals surface area contributed by atoms with E-state index in [4.69, 9.17) is 0 Å². The van der Waals surface area contributed by atoms with E-state index in [-0.39, 0.29) is 10.6 Å². The van der Waals surface area contributed by atoms with Crippen molar-refractivity contribution in [2.24, 2.45) is 5.18 Å². The Bertz CT molecular complexity index is 507. The maximum absolute atomic E-state index is 12.2. The van der Waals surface area contributed by atoms with Crippen LogP contribution in [0.2, 0.25) is 0 Å². The van der Waals surface area contributed by atoms with Gasteiger partial charge in [-0.15, -0.1) is 4.91 Å². The van der Waals surface area contributed by atoms with Gasteiger partial charge in [-0.05, 0) is 36.2 Å². The molecule has 1 saturated heterocycles. The van der Waals surface area contributed by atoms with Gasteiger partial charge in [-0.2, -0.15) is 4.31 Å².